The molecule has 0 saturated heterocycles. The van der Waals surface area contributed by atoms with Crippen LogP contribution in [-0.4, -0.2) is 12.8 Å². The molecule has 0 atom stereocenters. The quantitative estimate of drug-likeness (QED) is 0.571. The first-order valence-electron chi connectivity index (χ1n) is 2.83. The summed E-state index contributed by atoms with van der Waals surface area (Å²) in [5, 5.41) is 10.0. The molecule has 0 radical (unpaired) electrons. The summed E-state index contributed by atoms with van der Waals surface area (Å²) >= 11 is 2.13. The molecule has 2 nitrogen and oxygen atoms in total. The fraction of sp³-hybridized carbons (Fsp3) is 0.500. The van der Waals surface area contributed by atoms with Crippen LogP contribution in [0.3, 0.4) is 0 Å². The van der Waals surface area contributed by atoms with Crippen molar-refractivity contribution >= 4 is 28.8 Å². The highest BCUT2D eigenvalue weighted by atomic mass is 127. The van der Waals surface area contributed by atoms with Crippen LogP contribution in [0.1, 0.15) is 13.8 Å². The van der Waals surface area contributed by atoms with E-state index in [1.807, 2.05) is 13.8 Å². The van der Waals surface area contributed by atoms with Gasteiger partial charge >= 0.3 is 0 Å². The van der Waals surface area contributed by atoms with Crippen molar-refractivity contribution < 1.29 is 0 Å². The van der Waals surface area contributed by atoms with Gasteiger partial charge in [0.05, 0.1) is 0 Å². The number of rotatable bonds is 3. The number of halogens is 1. The normalized spacial score (nSPS) is 12.3. The Morgan fingerprint density at radius 3 is 2.67 bits per heavy atom. The smallest absolute Gasteiger partial charge is 0.0492 e. The lowest BCUT2D eigenvalue weighted by molar-refractivity contribution is 0.855. The first kappa shape index (κ1) is 8.94. The van der Waals surface area contributed by atoms with Crippen LogP contribution in [0.5, 0.6) is 0 Å². The third kappa shape index (κ3) is 3.51. The monoisotopic (exact) mass is 238 g/mol. The number of allylic oxidation sites excluding steroid dienone is 2. The minimum atomic E-state index is 0.923. The Morgan fingerprint density at radius 2 is 2.33 bits per heavy atom. The molecule has 0 rings (SSSR count). The Bertz CT molecular complexity index is 129. The first-order chi connectivity index (χ1) is 4.22. The average molecular weight is 238 g/mol. The lowest BCUT2D eigenvalue weighted by Crippen LogP contribution is -2.10. The Morgan fingerprint density at radius 1 is 1.78 bits per heavy atom. The molecular weight excluding hydrogens is 227 g/mol. The summed E-state index contributed by atoms with van der Waals surface area (Å²) in [5.74, 6) is 0. The van der Waals surface area contributed by atoms with Crippen molar-refractivity contribution in [3.05, 3.63) is 9.28 Å². The van der Waals surface area contributed by atoms with Gasteiger partial charge in [0.2, 0.25) is 0 Å². The topological polar surface area (TPSA) is 35.9 Å². The van der Waals surface area contributed by atoms with Crippen LogP contribution in [0.4, 0.5) is 0 Å². The van der Waals surface area contributed by atoms with E-state index in [0.717, 1.165) is 15.8 Å². The Balaban J connectivity index is 3.93. The van der Waals surface area contributed by atoms with Gasteiger partial charge in [-0.05, 0) is 36.4 Å². The van der Waals surface area contributed by atoms with Crippen molar-refractivity contribution in [2.75, 3.05) is 6.54 Å². The summed E-state index contributed by atoms with van der Waals surface area (Å²) in [7, 11) is 0. The van der Waals surface area contributed by atoms with Crippen molar-refractivity contribution in [3.63, 3.8) is 0 Å². The molecule has 0 bridgehead atoms. The molecule has 9 heavy (non-hydrogen) atoms. The third-order valence-corrected chi connectivity index (χ3v) is 2.05. The molecule has 0 saturated carbocycles. The van der Waals surface area contributed by atoms with Crippen molar-refractivity contribution in [3.8, 4) is 0 Å². The Kier molecular flexibility index (Phi) is 4.75. The predicted molar refractivity (Wildman–Crippen MR) is 49.2 cm³/mol. The van der Waals surface area contributed by atoms with Gasteiger partial charge in [-0.15, -0.1) is 0 Å². The van der Waals surface area contributed by atoms with Crippen LogP contribution in [0.15, 0.2) is 9.28 Å². The van der Waals surface area contributed by atoms with Crippen LogP contribution < -0.4 is 5.32 Å². The van der Waals surface area contributed by atoms with Gasteiger partial charge < -0.3 is 10.7 Å². The van der Waals surface area contributed by atoms with Crippen LogP contribution in [0.2, 0.25) is 0 Å². The summed E-state index contributed by atoms with van der Waals surface area (Å²) in [4.78, 5) is 0. The zero-order chi connectivity index (χ0) is 7.28. The Labute approximate surface area is 69.4 Å². The summed E-state index contributed by atoms with van der Waals surface area (Å²) < 4.78 is 0.967. The summed E-state index contributed by atoms with van der Waals surface area (Å²) in [5.41, 5.74) is 1.08. The molecule has 0 aliphatic heterocycles. The van der Waals surface area contributed by atoms with Crippen molar-refractivity contribution in [2.24, 2.45) is 0 Å². The molecular formula is C6H11IN2. The number of hydrogen-bond donors (Lipinski definition) is 2. The minimum Gasteiger partial charge on any atom is -0.388 e. The molecule has 2 N–H and O–H groups in total. The molecule has 3 heteroatoms. The first-order valence-corrected chi connectivity index (χ1v) is 3.91. The predicted octanol–water partition coefficient (Wildman–Crippen LogP) is 1.91. The lowest BCUT2D eigenvalue weighted by Gasteiger charge is -2.01. The maximum absolute atomic E-state index is 6.89. The second kappa shape index (κ2) is 4.78. The van der Waals surface area contributed by atoms with Gasteiger partial charge in [-0.3, -0.25) is 0 Å². The molecule has 0 spiro atoms. The average Bonchev–Trinajstić information content (AvgIpc) is 1.87. The maximum atomic E-state index is 6.89. The molecule has 0 aliphatic rings. The van der Waals surface area contributed by atoms with Gasteiger partial charge in [-0.25, -0.2) is 0 Å². The molecule has 0 aliphatic carbocycles. The number of hydrogen-bond acceptors (Lipinski definition) is 2. The molecule has 0 amide bonds. The van der Waals surface area contributed by atoms with E-state index >= 15 is 0 Å². The molecule has 0 aromatic carbocycles. The van der Waals surface area contributed by atoms with E-state index in [2.05, 4.69) is 27.9 Å². The molecule has 0 aromatic heterocycles. The van der Waals surface area contributed by atoms with E-state index in [-0.39, 0.29) is 0 Å². The van der Waals surface area contributed by atoms with Gasteiger partial charge in [0.1, 0.15) is 0 Å². The van der Waals surface area contributed by atoms with Crippen LogP contribution >= 0.6 is 22.6 Å². The van der Waals surface area contributed by atoms with Crippen molar-refractivity contribution in [2.45, 2.75) is 13.8 Å². The van der Waals surface area contributed by atoms with E-state index < -0.39 is 0 Å². The van der Waals surface area contributed by atoms with Gasteiger partial charge in [-0.2, -0.15) is 0 Å². The second-order valence-corrected chi connectivity index (χ2v) is 2.81. The molecule has 0 heterocycles. The van der Waals surface area contributed by atoms with Gasteiger partial charge in [0, 0.05) is 22.0 Å². The highest BCUT2D eigenvalue weighted by Gasteiger charge is 1.90. The maximum Gasteiger partial charge on any atom is 0.0492 e. The third-order valence-electron chi connectivity index (χ3n) is 0.927. The van der Waals surface area contributed by atoms with E-state index in [4.69, 9.17) is 5.41 Å². The van der Waals surface area contributed by atoms with Gasteiger partial charge in [0.15, 0.2) is 0 Å². The second-order valence-electron chi connectivity index (χ2n) is 1.65. The minimum absolute atomic E-state index is 0.923. The fourth-order valence-electron chi connectivity index (χ4n) is 0.458. The standard InChI is InChI=1S/C6H11IN2/c1-3-9-5(2)6(7)4-8/h4,8-9H,3H2,1-2H3/b6-5+,8-4?. The van der Waals surface area contributed by atoms with Crippen LogP contribution in [0, 0.1) is 5.41 Å². The SMILES string of the molecule is CCN/C(C)=C(/I)C=N. The zero-order valence-corrected chi connectivity index (χ0v) is 7.82. The number of nitrogens with one attached hydrogen (secondary N) is 2. The van der Waals surface area contributed by atoms with Crippen molar-refractivity contribution in [1.82, 2.24) is 5.32 Å². The van der Waals surface area contributed by atoms with Crippen LogP contribution in [-0.2, 0) is 0 Å². The summed E-state index contributed by atoms with van der Waals surface area (Å²) in [6.45, 7) is 4.93. The Hall–Kier alpha value is -0.0600. The van der Waals surface area contributed by atoms with Crippen molar-refractivity contribution in [1.29, 1.82) is 5.41 Å². The van der Waals surface area contributed by atoms with E-state index in [9.17, 15) is 0 Å². The van der Waals surface area contributed by atoms with E-state index in [1.165, 1.54) is 6.21 Å². The highest BCUT2D eigenvalue weighted by Crippen LogP contribution is 2.05. The van der Waals surface area contributed by atoms with Gasteiger partial charge in [0.25, 0.3) is 0 Å². The lowest BCUT2D eigenvalue weighted by atomic mass is 10.4. The molecule has 0 fully saturated rings. The molecule has 0 aromatic rings. The van der Waals surface area contributed by atoms with Crippen LogP contribution in [0.25, 0.3) is 0 Å². The van der Waals surface area contributed by atoms with E-state index in [0.29, 0.717) is 0 Å². The summed E-state index contributed by atoms with van der Waals surface area (Å²) in [6, 6.07) is 0. The highest BCUT2D eigenvalue weighted by molar-refractivity contribution is 14.1. The zero-order valence-electron chi connectivity index (χ0n) is 5.66. The largest absolute Gasteiger partial charge is 0.388 e. The molecule has 0 unspecified atom stereocenters. The van der Waals surface area contributed by atoms with E-state index in [1.54, 1.807) is 0 Å². The molecule has 52 valence electrons. The summed E-state index contributed by atoms with van der Waals surface area (Å²) in [6.07, 6.45) is 1.35. The fourth-order valence-corrected chi connectivity index (χ4v) is 0.649. The van der Waals surface area contributed by atoms with Gasteiger partial charge in [-0.1, -0.05) is 0 Å².